The van der Waals surface area contributed by atoms with E-state index in [-0.39, 0.29) is 0 Å². The van der Waals surface area contributed by atoms with Crippen LogP contribution in [0.4, 0.5) is 5.69 Å². The molecule has 0 radical (unpaired) electrons. The van der Waals surface area contributed by atoms with E-state index in [1.807, 2.05) is 30.3 Å². The molecule has 0 bridgehead atoms. The molecule has 1 saturated carbocycles. The average molecular weight is 248 g/mol. The van der Waals surface area contributed by atoms with Crippen LogP contribution < -0.4 is 4.90 Å². The van der Waals surface area contributed by atoms with E-state index in [2.05, 4.69) is 29.7 Å². The van der Waals surface area contributed by atoms with E-state index < -0.39 is 0 Å². The van der Waals surface area contributed by atoms with Crippen LogP contribution in [-0.4, -0.2) is 12.6 Å². The van der Waals surface area contributed by atoms with Gasteiger partial charge in [0.15, 0.2) is 0 Å². The molecule has 0 saturated heterocycles. The minimum Gasteiger partial charge on any atom is -0.364 e. The summed E-state index contributed by atoms with van der Waals surface area (Å²) in [6, 6.07) is 15.1. The summed E-state index contributed by atoms with van der Waals surface area (Å²) >= 11 is 0. The summed E-state index contributed by atoms with van der Waals surface area (Å²) in [5.41, 5.74) is 1.96. The SMILES string of the molecule is C=CCN(c1ccc(C#N)c2ccccc12)C1CC1. The average Bonchev–Trinajstić information content (AvgIpc) is 3.28. The van der Waals surface area contributed by atoms with Crippen molar-refractivity contribution in [2.45, 2.75) is 18.9 Å². The molecule has 1 aliphatic carbocycles. The first kappa shape index (κ1) is 11.8. The number of fused-ring (bicyclic) bond motifs is 1. The molecule has 2 aromatic carbocycles. The quantitative estimate of drug-likeness (QED) is 0.768. The predicted octanol–water partition coefficient (Wildman–Crippen LogP) is 3.87. The molecule has 2 heteroatoms. The molecule has 2 aromatic rings. The normalized spacial score (nSPS) is 14.1. The van der Waals surface area contributed by atoms with Crippen molar-refractivity contribution in [1.29, 1.82) is 5.26 Å². The highest BCUT2D eigenvalue weighted by Crippen LogP contribution is 2.36. The third-order valence-corrected chi connectivity index (χ3v) is 3.64. The number of hydrogen-bond acceptors (Lipinski definition) is 2. The zero-order valence-corrected chi connectivity index (χ0v) is 10.8. The minimum absolute atomic E-state index is 0.634. The first-order valence-corrected chi connectivity index (χ1v) is 6.64. The number of nitriles is 1. The monoisotopic (exact) mass is 248 g/mol. The lowest BCUT2D eigenvalue weighted by Crippen LogP contribution is -2.25. The largest absolute Gasteiger partial charge is 0.364 e. The maximum atomic E-state index is 9.21. The van der Waals surface area contributed by atoms with Crippen LogP contribution >= 0.6 is 0 Å². The molecule has 3 rings (SSSR count). The fourth-order valence-corrected chi connectivity index (χ4v) is 2.60. The van der Waals surface area contributed by atoms with E-state index in [1.54, 1.807) is 0 Å². The summed E-state index contributed by atoms with van der Waals surface area (Å²) < 4.78 is 0. The molecule has 2 nitrogen and oxygen atoms in total. The molecule has 1 aliphatic rings. The number of nitrogens with zero attached hydrogens (tertiary/aromatic N) is 2. The minimum atomic E-state index is 0.634. The standard InChI is InChI=1S/C17H16N2/c1-2-11-19(14-8-9-14)17-10-7-13(12-18)15-5-3-4-6-16(15)17/h2-7,10,14H,1,8-9,11H2. The Kier molecular flexibility index (Phi) is 2.97. The molecule has 19 heavy (non-hydrogen) atoms. The van der Waals surface area contributed by atoms with Crippen LogP contribution in [-0.2, 0) is 0 Å². The van der Waals surface area contributed by atoms with Crippen LogP contribution in [0.25, 0.3) is 10.8 Å². The second-order valence-electron chi connectivity index (χ2n) is 4.96. The lowest BCUT2D eigenvalue weighted by Gasteiger charge is -2.25. The van der Waals surface area contributed by atoms with E-state index in [9.17, 15) is 5.26 Å². The molecule has 0 atom stereocenters. The second-order valence-corrected chi connectivity index (χ2v) is 4.96. The van der Waals surface area contributed by atoms with Gasteiger partial charge in [0.1, 0.15) is 0 Å². The van der Waals surface area contributed by atoms with Crippen molar-refractivity contribution in [3.63, 3.8) is 0 Å². The Morgan fingerprint density at radius 1 is 1.21 bits per heavy atom. The Balaban J connectivity index is 2.18. The van der Waals surface area contributed by atoms with Gasteiger partial charge < -0.3 is 4.90 Å². The zero-order chi connectivity index (χ0) is 13.2. The molecular formula is C17H16N2. The van der Waals surface area contributed by atoms with Gasteiger partial charge in [-0.25, -0.2) is 0 Å². The van der Waals surface area contributed by atoms with Crippen LogP contribution in [0.5, 0.6) is 0 Å². The van der Waals surface area contributed by atoms with Crippen LogP contribution in [0.1, 0.15) is 18.4 Å². The lowest BCUT2D eigenvalue weighted by atomic mass is 10.0. The van der Waals surface area contributed by atoms with Crippen LogP contribution in [0, 0.1) is 11.3 Å². The van der Waals surface area contributed by atoms with E-state index in [1.165, 1.54) is 18.5 Å². The molecule has 1 fully saturated rings. The topological polar surface area (TPSA) is 27.0 Å². The van der Waals surface area contributed by atoms with E-state index in [4.69, 9.17) is 0 Å². The van der Waals surface area contributed by atoms with E-state index in [0.29, 0.717) is 6.04 Å². The molecule has 0 unspecified atom stereocenters. The van der Waals surface area contributed by atoms with Gasteiger partial charge >= 0.3 is 0 Å². The first-order chi connectivity index (χ1) is 9.35. The van der Waals surface area contributed by atoms with Crippen LogP contribution in [0.15, 0.2) is 49.1 Å². The first-order valence-electron chi connectivity index (χ1n) is 6.64. The molecular weight excluding hydrogens is 232 g/mol. The van der Waals surface area contributed by atoms with Crippen molar-refractivity contribution in [3.8, 4) is 6.07 Å². The molecule has 0 aliphatic heterocycles. The molecule has 0 amide bonds. The van der Waals surface area contributed by atoms with E-state index in [0.717, 1.165) is 22.9 Å². The summed E-state index contributed by atoms with van der Waals surface area (Å²) in [6.45, 7) is 4.72. The fourth-order valence-electron chi connectivity index (χ4n) is 2.60. The third kappa shape index (κ3) is 2.08. The summed E-state index contributed by atoms with van der Waals surface area (Å²) in [7, 11) is 0. The van der Waals surface area contributed by atoms with Crippen molar-refractivity contribution in [2.24, 2.45) is 0 Å². The summed E-state index contributed by atoms with van der Waals surface area (Å²) in [5, 5.41) is 11.4. The Hall–Kier alpha value is -2.27. The molecule has 0 heterocycles. The Labute approximate surface area is 113 Å². The van der Waals surface area contributed by atoms with Crippen molar-refractivity contribution in [3.05, 3.63) is 54.6 Å². The third-order valence-electron chi connectivity index (χ3n) is 3.64. The molecule has 0 aromatic heterocycles. The summed E-state index contributed by atoms with van der Waals surface area (Å²) in [4.78, 5) is 2.40. The van der Waals surface area contributed by atoms with Gasteiger partial charge in [0.05, 0.1) is 11.6 Å². The second kappa shape index (κ2) is 4.78. The highest BCUT2D eigenvalue weighted by Gasteiger charge is 2.29. The highest BCUT2D eigenvalue weighted by molar-refractivity contribution is 5.98. The smallest absolute Gasteiger partial charge is 0.0998 e. The summed E-state index contributed by atoms with van der Waals surface area (Å²) in [6.07, 6.45) is 4.45. The summed E-state index contributed by atoms with van der Waals surface area (Å²) in [5.74, 6) is 0. The zero-order valence-electron chi connectivity index (χ0n) is 10.8. The number of rotatable bonds is 4. The Bertz CT molecular complexity index is 663. The van der Waals surface area contributed by atoms with Crippen molar-refractivity contribution in [1.82, 2.24) is 0 Å². The van der Waals surface area contributed by atoms with Gasteiger partial charge in [-0.05, 0) is 25.0 Å². The van der Waals surface area contributed by atoms with Gasteiger partial charge in [-0.2, -0.15) is 5.26 Å². The lowest BCUT2D eigenvalue weighted by molar-refractivity contribution is 0.866. The van der Waals surface area contributed by atoms with Gasteiger partial charge in [-0.15, -0.1) is 6.58 Å². The predicted molar refractivity (Wildman–Crippen MR) is 79.2 cm³/mol. The van der Waals surface area contributed by atoms with E-state index >= 15 is 0 Å². The Morgan fingerprint density at radius 3 is 2.58 bits per heavy atom. The van der Waals surface area contributed by atoms with Gasteiger partial charge in [0, 0.05) is 29.0 Å². The highest BCUT2D eigenvalue weighted by atomic mass is 15.2. The number of benzene rings is 2. The molecule has 94 valence electrons. The molecule has 0 spiro atoms. The maximum absolute atomic E-state index is 9.21. The van der Waals surface area contributed by atoms with Crippen LogP contribution in [0.2, 0.25) is 0 Å². The fraction of sp³-hybridized carbons (Fsp3) is 0.235. The van der Waals surface area contributed by atoms with Crippen molar-refractivity contribution in [2.75, 3.05) is 11.4 Å². The van der Waals surface area contributed by atoms with Gasteiger partial charge in [0.2, 0.25) is 0 Å². The van der Waals surface area contributed by atoms with Crippen LogP contribution in [0.3, 0.4) is 0 Å². The molecule has 0 N–H and O–H groups in total. The van der Waals surface area contributed by atoms with Crippen molar-refractivity contribution < 1.29 is 0 Å². The number of hydrogen-bond donors (Lipinski definition) is 0. The van der Waals surface area contributed by atoms with Crippen molar-refractivity contribution >= 4 is 16.5 Å². The Morgan fingerprint density at radius 2 is 1.95 bits per heavy atom. The van der Waals surface area contributed by atoms with Gasteiger partial charge in [-0.1, -0.05) is 30.3 Å². The number of anilines is 1. The van der Waals surface area contributed by atoms with Gasteiger partial charge in [-0.3, -0.25) is 0 Å². The van der Waals surface area contributed by atoms with Gasteiger partial charge in [0.25, 0.3) is 0 Å². The maximum Gasteiger partial charge on any atom is 0.0998 e.